The molecule has 2 N–H and O–H groups in total. The summed E-state index contributed by atoms with van der Waals surface area (Å²) in [5.74, 6) is 0.771. The van der Waals surface area contributed by atoms with Crippen molar-refractivity contribution < 1.29 is 9.53 Å². The van der Waals surface area contributed by atoms with E-state index in [1.54, 1.807) is 0 Å². The smallest absolute Gasteiger partial charge is 0.321 e. The normalized spacial score (nSPS) is 11.2. The van der Waals surface area contributed by atoms with Crippen LogP contribution in [0, 0.1) is 20.8 Å². The molecule has 5 heteroatoms. The largest absolute Gasteiger partial charge is 0.473 e. The Morgan fingerprint density at radius 1 is 1.08 bits per heavy atom. The maximum Gasteiger partial charge on any atom is 0.321 e. The fourth-order valence-electron chi connectivity index (χ4n) is 2.77. The molecule has 0 bridgehead atoms. The SMILES string of the molecule is Cc1cc(C)c(NC(=O)NCOc2ccc(C)cc2C(C)(C)C)c(Cl)c1. The molecule has 0 heterocycles. The fourth-order valence-corrected chi connectivity index (χ4v) is 3.14. The van der Waals surface area contributed by atoms with Gasteiger partial charge in [-0.3, -0.25) is 0 Å². The highest BCUT2D eigenvalue weighted by molar-refractivity contribution is 6.34. The van der Waals surface area contributed by atoms with Gasteiger partial charge in [0.1, 0.15) is 5.75 Å². The molecule has 2 rings (SSSR count). The molecule has 2 aromatic rings. The van der Waals surface area contributed by atoms with Crippen LogP contribution in [0.15, 0.2) is 30.3 Å². The highest BCUT2D eigenvalue weighted by Crippen LogP contribution is 2.32. The number of amides is 2. The highest BCUT2D eigenvalue weighted by Gasteiger charge is 2.19. The van der Waals surface area contributed by atoms with Crippen LogP contribution in [0.25, 0.3) is 0 Å². The molecule has 0 spiro atoms. The van der Waals surface area contributed by atoms with Crippen LogP contribution in [0.4, 0.5) is 10.5 Å². The molecule has 0 aliphatic rings. The summed E-state index contributed by atoms with van der Waals surface area (Å²) >= 11 is 6.22. The van der Waals surface area contributed by atoms with Crippen molar-refractivity contribution in [2.75, 3.05) is 12.0 Å². The van der Waals surface area contributed by atoms with Crippen LogP contribution in [0.3, 0.4) is 0 Å². The zero-order valence-electron chi connectivity index (χ0n) is 16.3. The summed E-state index contributed by atoms with van der Waals surface area (Å²) in [7, 11) is 0. The zero-order valence-corrected chi connectivity index (χ0v) is 17.0. The van der Waals surface area contributed by atoms with Crippen molar-refractivity contribution in [2.24, 2.45) is 0 Å². The van der Waals surface area contributed by atoms with E-state index in [0.29, 0.717) is 10.7 Å². The van der Waals surface area contributed by atoms with Crippen molar-refractivity contribution >= 4 is 23.3 Å². The van der Waals surface area contributed by atoms with Gasteiger partial charge in [0.2, 0.25) is 0 Å². The molecule has 0 aliphatic heterocycles. The monoisotopic (exact) mass is 374 g/mol. The van der Waals surface area contributed by atoms with Gasteiger partial charge in [0, 0.05) is 0 Å². The first-order valence-electron chi connectivity index (χ1n) is 8.63. The number of hydrogen-bond donors (Lipinski definition) is 2. The lowest BCUT2D eigenvalue weighted by atomic mass is 9.85. The Kier molecular flexibility index (Phi) is 6.19. The number of rotatable bonds is 4. The van der Waals surface area contributed by atoms with Gasteiger partial charge in [-0.2, -0.15) is 0 Å². The summed E-state index contributed by atoms with van der Waals surface area (Å²) in [5.41, 5.74) is 4.82. The number of benzene rings is 2. The van der Waals surface area contributed by atoms with Gasteiger partial charge in [0.25, 0.3) is 0 Å². The summed E-state index contributed by atoms with van der Waals surface area (Å²) in [5, 5.41) is 6.02. The van der Waals surface area contributed by atoms with E-state index in [0.717, 1.165) is 22.4 Å². The Morgan fingerprint density at radius 3 is 2.38 bits per heavy atom. The number of aryl methyl sites for hydroxylation is 3. The van der Waals surface area contributed by atoms with Gasteiger partial charge in [-0.1, -0.05) is 56.1 Å². The minimum atomic E-state index is -0.358. The number of carbonyl (C=O) groups is 1. The average Bonchev–Trinajstić information content (AvgIpc) is 2.51. The molecule has 26 heavy (non-hydrogen) atoms. The molecule has 2 amide bonds. The van der Waals surface area contributed by atoms with Crippen LogP contribution in [-0.2, 0) is 5.41 Å². The van der Waals surface area contributed by atoms with E-state index in [4.69, 9.17) is 16.3 Å². The van der Waals surface area contributed by atoms with Crippen molar-refractivity contribution in [1.29, 1.82) is 0 Å². The van der Waals surface area contributed by atoms with E-state index in [-0.39, 0.29) is 18.2 Å². The van der Waals surface area contributed by atoms with Crippen LogP contribution < -0.4 is 15.4 Å². The van der Waals surface area contributed by atoms with Gasteiger partial charge in [-0.05, 0) is 55.0 Å². The second-order valence-corrected chi connectivity index (χ2v) is 8.02. The minimum Gasteiger partial charge on any atom is -0.473 e. The van der Waals surface area contributed by atoms with Gasteiger partial charge in [0.05, 0.1) is 10.7 Å². The van der Waals surface area contributed by atoms with E-state index >= 15 is 0 Å². The molecular weight excluding hydrogens is 348 g/mol. The van der Waals surface area contributed by atoms with Crippen LogP contribution in [0.1, 0.15) is 43.0 Å². The molecule has 0 radical (unpaired) electrons. The number of urea groups is 1. The van der Waals surface area contributed by atoms with E-state index in [1.807, 2.05) is 38.1 Å². The minimum absolute atomic E-state index is 0.0455. The molecule has 140 valence electrons. The lowest BCUT2D eigenvalue weighted by molar-refractivity contribution is 0.233. The standard InChI is InChI=1S/C21H27ClN2O2/c1-13-7-8-18(16(10-13)21(4,5)6)26-12-23-20(25)24-19-15(3)9-14(2)11-17(19)22/h7-11H,12H2,1-6H3,(H2,23,24,25). The first-order chi connectivity index (χ1) is 12.1. The second kappa shape index (κ2) is 8.00. The lowest BCUT2D eigenvalue weighted by Gasteiger charge is -2.23. The van der Waals surface area contributed by atoms with Crippen molar-refractivity contribution in [2.45, 2.75) is 47.0 Å². The Bertz CT molecular complexity index is 787. The number of hydrogen-bond acceptors (Lipinski definition) is 2. The summed E-state index contributed by atoms with van der Waals surface area (Å²) in [6, 6.07) is 9.49. The molecule has 4 nitrogen and oxygen atoms in total. The molecule has 0 atom stereocenters. The molecule has 0 aromatic heterocycles. The average molecular weight is 375 g/mol. The van der Waals surface area contributed by atoms with Crippen molar-refractivity contribution in [3.05, 3.63) is 57.6 Å². The third-order valence-corrected chi connectivity index (χ3v) is 4.37. The molecule has 0 fully saturated rings. The predicted molar refractivity (Wildman–Crippen MR) is 108 cm³/mol. The topological polar surface area (TPSA) is 50.4 Å². The zero-order chi connectivity index (χ0) is 19.5. The van der Waals surface area contributed by atoms with Crippen LogP contribution in [-0.4, -0.2) is 12.8 Å². The maximum absolute atomic E-state index is 12.2. The van der Waals surface area contributed by atoms with Crippen molar-refractivity contribution in [3.63, 3.8) is 0 Å². The van der Waals surface area contributed by atoms with Crippen molar-refractivity contribution in [3.8, 4) is 5.75 Å². The van der Waals surface area contributed by atoms with Gasteiger partial charge >= 0.3 is 6.03 Å². The Morgan fingerprint density at radius 2 is 1.77 bits per heavy atom. The molecule has 2 aromatic carbocycles. The summed E-state index contributed by atoms with van der Waals surface area (Å²) in [4.78, 5) is 12.2. The number of anilines is 1. The summed E-state index contributed by atoms with van der Waals surface area (Å²) in [6.07, 6.45) is 0. The van der Waals surface area contributed by atoms with Gasteiger partial charge < -0.3 is 15.4 Å². The lowest BCUT2D eigenvalue weighted by Crippen LogP contribution is -2.32. The van der Waals surface area contributed by atoms with E-state index in [9.17, 15) is 4.79 Å². The molecule has 0 saturated carbocycles. The Hall–Kier alpha value is -2.20. The van der Waals surface area contributed by atoms with Gasteiger partial charge in [0.15, 0.2) is 6.73 Å². The predicted octanol–water partition coefficient (Wildman–Crippen LogP) is 5.72. The Balaban J connectivity index is 2.00. The van der Waals surface area contributed by atoms with Crippen molar-refractivity contribution in [1.82, 2.24) is 5.32 Å². The van der Waals surface area contributed by atoms with Crippen LogP contribution in [0.2, 0.25) is 5.02 Å². The van der Waals surface area contributed by atoms with E-state index in [1.165, 1.54) is 5.56 Å². The summed E-state index contributed by atoms with van der Waals surface area (Å²) in [6.45, 7) is 12.4. The molecule has 0 aliphatic carbocycles. The van der Waals surface area contributed by atoms with Gasteiger partial charge in [-0.25, -0.2) is 4.79 Å². The molecule has 0 unspecified atom stereocenters. The number of nitrogens with one attached hydrogen (secondary N) is 2. The van der Waals surface area contributed by atoms with E-state index < -0.39 is 0 Å². The molecular formula is C21H27ClN2O2. The Labute approximate surface area is 160 Å². The first-order valence-corrected chi connectivity index (χ1v) is 9.01. The third kappa shape index (κ3) is 5.15. The fraction of sp³-hybridized carbons (Fsp3) is 0.381. The first kappa shape index (κ1) is 20.1. The van der Waals surface area contributed by atoms with Crippen LogP contribution in [0.5, 0.6) is 5.75 Å². The highest BCUT2D eigenvalue weighted by atomic mass is 35.5. The molecule has 0 saturated heterocycles. The quantitative estimate of drug-likeness (QED) is 0.672. The van der Waals surface area contributed by atoms with Crippen LogP contribution >= 0.6 is 11.6 Å². The summed E-state index contributed by atoms with van der Waals surface area (Å²) < 4.78 is 5.80. The maximum atomic E-state index is 12.2. The number of carbonyl (C=O) groups excluding carboxylic acids is 1. The second-order valence-electron chi connectivity index (χ2n) is 7.61. The third-order valence-electron chi connectivity index (χ3n) is 4.07. The number of halogens is 1. The van der Waals surface area contributed by atoms with E-state index in [2.05, 4.69) is 44.4 Å². The number of ether oxygens (including phenoxy) is 1. The van der Waals surface area contributed by atoms with Gasteiger partial charge in [-0.15, -0.1) is 0 Å².